The molecule has 0 heteroatoms. The molecule has 1 saturated carbocycles. The van der Waals surface area contributed by atoms with Gasteiger partial charge in [-0.1, -0.05) is 52.9 Å². The van der Waals surface area contributed by atoms with Crippen molar-refractivity contribution < 1.29 is 0 Å². The van der Waals surface area contributed by atoms with E-state index in [2.05, 4.69) is 20.8 Å². The van der Waals surface area contributed by atoms with Crippen LogP contribution in [0.25, 0.3) is 0 Å². The summed E-state index contributed by atoms with van der Waals surface area (Å²) in [5.41, 5.74) is 0. The standard InChI is InChI=1S/C13H26/c1-4-6-12-8-9-13(7-5-2)11(3)10-12/h11-13H,4-10H2,1-3H3. The predicted octanol–water partition coefficient (Wildman–Crippen LogP) is 4.64. The van der Waals surface area contributed by atoms with E-state index in [-0.39, 0.29) is 0 Å². The highest BCUT2D eigenvalue weighted by atomic mass is 14.3. The van der Waals surface area contributed by atoms with E-state index in [0.29, 0.717) is 0 Å². The Morgan fingerprint density at radius 3 is 2.23 bits per heavy atom. The maximum absolute atomic E-state index is 2.47. The molecule has 0 N–H and O–H groups in total. The zero-order valence-electron chi connectivity index (χ0n) is 9.68. The van der Waals surface area contributed by atoms with Crippen LogP contribution in [-0.2, 0) is 0 Å². The van der Waals surface area contributed by atoms with Crippen LogP contribution in [0.1, 0.15) is 65.7 Å². The van der Waals surface area contributed by atoms with Gasteiger partial charge < -0.3 is 0 Å². The molecule has 0 bridgehead atoms. The van der Waals surface area contributed by atoms with Gasteiger partial charge in [0.05, 0.1) is 0 Å². The molecule has 3 unspecified atom stereocenters. The van der Waals surface area contributed by atoms with E-state index in [0.717, 1.165) is 17.8 Å². The molecule has 0 aromatic carbocycles. The Morgan fingerprint density at radius 1 is 1.00 bits per heavy atom. The molecule has 3 atom stereocenters. The van der Waals surface area contributed by atoms with E-state index < -0.39 is 0 Å². The molecule has 78 valence electrons. The largest absolute Gasteiger partial charge is 0.0654 e. The van der Waals surface area contributed by atoms with Gasteiger partial charge in [-0.2, -0.15) is 0 Å². The quantitative estimate of drug-likeness (QED) is 0.594. The monoisotopic (exact) mass is 182 g/mol. The lowest BCUT2D eigenvalue weighted by Gasteiger charge is -2.34. The minimum Gasteiger partial charge on any atom is -0.0654 e. The van der Waals surface area contributed by atoms with Crippen molar-refractivity contribution in [3.8, 4) is 0 Å². The summed E-state index contributed by atoms with van der Waals surface area (Å²) in [4.78, 5) is 0. The van der Waals surface area contributed by atoms with E-state index in [9.17, 15) is 0 Å². The minimum atomic E-state index is 1.00. The fourth-order valence-electron chi connectivity index (χ4n) is 3.04. The van der Waals surface area contributed by atoms with Gasteiger partial charge >= 0.3 is 0 Å². The van der Waals surface area contributed by atoms with Gasteiger partial charge in [-0.25, -0.2) is 0 Å². The Balaban J connectivity index is 2.28. The summed E-state index contributed by atoms with van der Waals surface area (Å²) >= 11 is 0. The summed E-state index contributed by atoms with van der Waals surface area (Å²) in [7, 11) is 0. The van der Waals surface area contributed by atoms with Gasteiger partial charge in [0.1, 0.15) is 0 Å². The topological polar surface area (TPSA) is 0 Å². The third kappa shape index (κ3) is 3.32. The molecular formula is C13H26. The normalized spacial score (nSPS) is 34.8. The first-order valence-electron chi connectivity index (χ1n) is 6.27. The van der Waals surface area contributed by atoms with Crippen molar-refractivity contribution in [2.45, 2.75) is 65.7 Å². The average molecular weight is 182 g/mol. The molecule has 0 heterocycles. The van der Waals surface area contributed by atoms with Crippen LogP contribution in [0.15, 0.2) is 0 Å². The SMILES string of the molecule is CCCC1CCC(CCC)C(C)C1. The van der Waals surface area contributed by atoms with Crippen molar-refractivity contribution >= 4 is 0 Å². The highest BCUT2D eigenvalue weighted by Crippen LogP contribution is 2.37. The molecule has 1 fully saturated rings. The molecule has 13 heavy (non-hydrogen) atoms. The van der Waals surface area contributed by atoms with Crippen LogP contribution >= 0.6 is 0 Å². The summed E-state index contributed by atoms with van der Waals surface area (Å²) in [6.45, 7) is 7.12. The van der Waals surface area contributed by atoms with Crippen molar-refractivity contribution in [3.05, 3.63) is 0 Å². The number of hydrogen-bond donors (Lipinski definition) is 0. The van der Waals surface area contributed by atoms with Gasteiger partial charge in [0.25, 0.3) is 0 Å². The van der Waals surface area contributed by atoms with Crippen LogP contribution < -0.4 is 0 Å². The second-order valence-electron chi connectivity index (χ2n) is 4.99. The van der Waals surface area contributed by atoms with Gasteiger partial charge in [-0.05, 0) is 30.6 Å². The molecular weight excluding hydrogens is 156 g/mol. The fraction of sp³-hybridized carbons (Fsp3) is 1.00. The van der Waals surface area contributed by atoms with Crippen LogP contribution in [0.2, 0.25) is 0 Å². The first kappa shape index (κ1) is 11.1. The van der Waals surface area contributed by atoms with Crippen LogP contribution in [0.5, 0.6) is 0 Å². The summed E-state index contributed by atoms with van der Waals surface area (Å²) in [5.74, 6) is 3.12. The van der Waals surface area contributed by atoms with Gasteiger partial charge in [0.2, 0.25) is 0 Å². The van der Waals surface area contributed by atoms with Gasteiger partial charge in [0.15, 0.2) is 0 Å². The molecule has 1 aliphatic carbocycles. The third-order valence-corrected chi connectivity index (χ3v) is 3.81. The lowest BCUT2D eigenvalue weighted by molar-refractivity contribution is 0.176. The van der Waals surface area contributed by atoms with Crippen LogP contribution in [0.4, 0.5) is 0 Å². The van der Waals surface area contributed by atoms with Crippen LogP contribution in [0.3, 0.4) is 0 Å². The molecule has 0 radical (unpaired) electrons. The van der Waals surface area contributed by atoms with E-state index in [1.165, 1.54) is 44.9 Å². The summed E-state index contributed by atoms with van der Waals surface area (Å²) < 4.78 is 0. The van der Waals surface area contributed by atoms with Gasteiger partial charge in [-0.3, -0.25) is 0 Å². The van der Waals surface area contributed by atoms with E-state index in [4.69, 9.17) is 0 Å². The van der Waals surface area contributed by atoms with E-state index >= 15 is 0 Å². The van der Waals surface area contributed by atoms with Crippen molar-refractivity contribution in [3.63, 3.8) is 0 Å². The zero-order valence-corrected chi connectivity index (χ0v) is 9.68. The van der Waals surface area contributed by atoms with Crippen molar-refractivity contribution in [2.24, 2.45) is 17.8 Å². The number of rotatable bonds is 4. The molecule has 0 amide bonds. The molecule has 0 aliphatic heterocycles. The lowest BCUT2D eigenvalue weighted by atomic mass is 9.72. The maximum atomic E-state index is 2.47. The highest BCUT2D eigenvalue weighted by Gasteiger charge is 2.25. The third-order valence-electron chi connectivity index (χ3n) is 3.81. The van der Waals surface area contributed by atoms with Crippen molar-refractivity contribution in [2.75, 3.05) is 0 Å². The molecule has 0 aromatic heterocycles. The maximum Gasteiger partial charge on any atom is -0.0388 e. The van der Waals surface area contributed by atoms with Gasteiger partial charge in [-0.15, -0.1) is 0 Å². The summed E-state index contributed by atoms with van der Waals surface area (Å²) in [6, 6.07) is 0. The second kappa shape index (κ2) is 5.67. The predicted molar refractivity (Wildman–Crippen MR) is 59.8 cm³/mol. The Morgan fingerprint density at radius 2 is 1.69 bits per heavy atom. The Kier molecular flexibility index (Phi) is 4.83. The van der Waals surface area contributed by atoms with Gasteiger partial charge in [0, 0.05) is 0 Å². The average Bonchev–Trinajstić information content (AvgIpc) is 2.10. The molecule has 1 rings (SSSR count). The minimum absolute atomic E-state index is 1.00. The Labute approximate surface area is 84.1 Å². The molecule has 0 saturated heterocycles. The van der Waals surface area contributed by atoms with E-state index in [1.807, 2.05) is 0 Å². The Hall–Kier alpha value is 0. The second-order valence-corrected chi connectivity index (χ2v) is 4.99. The lowest BCUT2D eigenvalue weighted by Crippen LogP contribution is -2.22. The zero-order chi connectivity index (χ0) is 9.68. The Bertz CT molecular complexity index is 128. The van der Waals surface area contributed by atoms with E-state index in [1.54, 1.807) is 0 Å². The summed E-state index contributed by atoms with van der Waals surface area (Å²) in [6.07, 6.45) is 10.3. The van der Waals surface area contributed by atoms with Crippen LogP contribution in [-0.4, -0.2) is 0 Å². The molecule has 0 aromatic rings. The smallest absolute Gasteiger partial charge is 0.0388 e. The highest BCUT2D eigenvalue weighted by molar-refractivity contribution is 4.77. The first-order chi connectivity index (χ1) is 6.27. The molecule has 1 aliphatic rings. The fourth-order valence-corrected chi connectivity index (χ4v) is 3.04. The van der Waals surface area contributed by atoms with Crippen LogP contribution in [0, 0.1) is 17.8 Å². The summed E-state index contributed by atoms with van der Waals surface area (Å²) in [5, 5.41) is 0. The molecule has 0 spiro atoms. The molecule has 0 nitrogen and oxygen atoms in total. The number of hydrogen-bond acceptors (Lipinski definition) is 0. The first-order valence-corrected chi connectivity index (χ1v) is 6.27. The van der Waals surface area contributed by atoms with Crippen molar-refractivity contribution in [1.82, 2.24) is 0 Å². The van der Waals surface area contributed by atoms with Crippen molar-refractivity contribution in [1.29, 1.82) is 0 Å².